The van der Waals surface area contributed by atoms with E-state index < -0.39 is 18.0 Å². The number of hydrogen-bond acceptors (Lipinski definition) is 4. The summed E-state index contributed by atoms with van der Waals surface area (Å²) in [7, 11) is 0. The van der Waals surface area contributed by atoms with Crippen LogP contribution >= 0.6 is 11.8 Å². The third-order valence-electron chi connectivity index (χ3n) is 3.90. The average molecular weight is 387 g/mol. The number of esters is 1. The van der Waals surface area contributed by atoms with E-state index in [4.69, 9.17) is 4.74 Å². The van der Waals surface area contributed by atoms with Gasteiger partial charge in [0, 0.05) is 17.2 Å². The maximum absolute atomic E-state index is 12.4. The number of amides is 2. The molecular formula is C21H26N2O3S. The Morgan fingerprint density at radius 2 is 1.85 bits per heavy atom. The van der Waals surface area contributed by atoms with Gasteiger partial charge in [0.25, 0.3) is 0 Å². The minimum absolute atomic E-state index is 0.277. The molecule has 2 N–H and O–H groups in total. The molecule has 2 amide bonds. The number of rotatable bonds is 8. The van der Waals surface area contributed by atoms with Crippen molar-refractivity contribution in [1.29, 1.82) is 0 Å². The maximum Gasteiger partial charge on any atom is 0.329 e. The van der Waals surface area contributed by atoms with Gasteiger partial charge < -0.3 is 15.4 Å². The second kappa shape index (κ2) is 10.6. The van der Waals surface area contributed by atoms with E-state index in [9.17, 15) is 9.59 Å². The SMILES string of the molecule is CCOC(=O)C(CSCc1ccccc1)NC(=O)Nc1ccc(C)cc1C. The summed E-state index contributed by atoms with van der Waals surface area (Å²) in [6, 6.07) is 14.7. The van der Waals surface area contributed by atoms with Crippen LogP contribution in [0.15, 0.2) is 48.5 Å². The number of benzene rings is 2. The van der Waals surface area contributed by atoms with E-state index in [1.54, 1.807) is 18.7 Å². The molecule has 0 bridgehead atoms. The van der Waals surface area contributed by atoms with Crippen LogP contribution in [0.2, 0.25) is 0 Å². The zero-order valence-electron chi connectivity index (χ0n) is 16.0. The lowest BCUT2D eigenvalue weighted by molar-refractivity contribution is -0.144. The lowest BCUT2D eigenvalue weighted by Crippen LogP contribution is -2.45. The number of nitrogens with one attached hydrogen (secondary N) is 2. The summed E-state index contributed by atoms with van der Waals surface area (Å²) in [5.74, 6) is 0.777. The molecule has 0 fully saturated rings. The summed E-state index contributed by atoms with van der Waals surface area (Å²) >= 11 is 1.58. The van der Waals surface area contributed by atoms with Crippen molar-refractivity contribution in [3.8, 4) is 0 Å². The maximum atomic E-state index is 12.4. The normalized spacial score (nSPS) is 11.5. The standard InChI is InChI=1S/C21H26N2O3S/c1-4-26-20(24)19(14-27-13-17-8-6-5-7-9-17)23-21(25)22-18-11-10-15(2)12-16(18)3/h5-12,19H,4,13-14H2,1-3H3,(H2,22,23,25). The van der Waals surface area contributed by atoms with E-state index in [1.165, 1.54) is 5.56 Å². The van der Waals surface area contributed by atoms with E-state index in [2.05, 4.69) is 10.6 Å². The van der Waals surface area contributed by atoms with Gasteiger partial charge in [-0.2, -0.15) is 11.8 Å². The highest BCUT2D eigenvalue weighted by atomic mass is 32.2. The molecule has 0 spiro atoms. The van der Waals surface area contributed by atoms with E-state index in [0.717, 1.165) is 22.6 Å². The fourth-order valence-electron chi connectivity index (χ4n) is 2.55. The number of hydrogen-bond donors (Lipinski definition) is 2. The third-order valence-corrected chi connectivity index (χ3v) is 5.01. The van der Waals surface area contributed by atoms with Gasteiger partial charge >= 0.3 is 12.0 Å². The zero-order chi connectivity index (χ0) is 19.6. The molecule has 0 heterocycles. The third kappa shape index (κ3) is 6.98. The van der Waals surface area contributed by atoms with Gasteiger partial charge in [-0.05, 0) is 38.0 Å². The van der Waals surface area contributed by atoms with Crippen molar-refractivity contribution in [3.63, 3.8) is 0 Å². The van der Waals surface area contributed by atoms with Crippen LogP contribution in [0.5, 0.6) is 0 Å². The van der Waals surface area contributed by atoms with Crippen LogP contribution in [-0.4, -0.2) is 30.4 Å². The smallest absolute Gasteiger partial charge is 0.329 e. The zero-order valence-corrected chi connectivity index (χ0v) is 16.8. The number of aryl methyl sites for hydroxylation is 2. The van der Waals surface area contributed by atoms with Crippen LogP contribution in [0.4, 0.5) is 10.5 Å². The number of thioether (sulfide) groups is 1. The van der Waals surface area contributed by atoms with Gasteiger partial charge in [-0.3, -0.25) is 0 Å². The summed E-state index contributed by atoms with van der Waals surface area (Å²) in [6.07, 6.45) is 0. The molecule has 2 aromatic carbocycles. The Kier molecular flexibility index (Phi) is 8.20. The highest BCUT2D eigenvalue weighted by molar-refractivity contribution is 7.98. The van der Waals surface area contributed by atoms with Crippen molar-refractivity contribution >= 4 is 29.4 Å². The first-order valence-electron chi connectivity index (χ1n) is 8.92. The lowest BCUT2D eigenvalue weighted by atomic mass is 10.1. The highest BCUT2D eigenvalue weighted by Gasteiger charge is 2.22. The van der Waals surface area contributed by atoms with Crippen LogP contribution in [-0.2, 0) is 15.3 Å². The minimum atomic E-state index is -0.704. The molecule has 1 unspecified atom stereocenters. The van der Waals surface area contributed by atoms with Crippen LogP contribution in [0, 0.1) is 13.8 Å². The first-order valence-corrected chi connectivity index (χ1v) is 10.1. The Hall–Kier alpha value is -2.47. The fraction of sp³-hybridized carbons (Fsp3) is 0.333. The minimum Gasteiger partial charge on any atom is -0.464 e. The molecule has 0 aliphatic rings. The molecule has 27 heavy (non-hydrogen) atoms. The van der Waals surface area contributed by atoms with E-state index in [1.807, 2.05) is 62.4 Å². The van der Waals surface area contributed by atoms with E-state index >= 15 is 0 Å². The fourth-order valence-corrected chi connectivity index (χ4v) is 3.55. The first kappa shape index (κ1) is 20.8. The van der Waals surface area contributed by atoms with Crippen LogP contribution < -0.4 is 10.6 Å². The van der Waals surface area contributed by atoms with Crippen molar-refractivity contribution in [2.45, 2.75) is 32.6 Å². The topological polar surface area (TPSA) is 67.4 Å². The lowest BCUT2D eigenvalue weighted by Gasteiger charge is -2.18. The average Bonchev–Trinajstić information content (AvgIpc) is 2.64. The number of urea groups is 1. The predicted molar refractivity (Wildman–Crippen MR) is 111 cm³/mol. The van der Waals surface area contributed by atoms with Crippen molar-refractivity contribution in [2.75, 3.05) is 17.7 Å². The number of carbonyl (C=O) groups excluding carboxylic acids is 2. The molecule has 6 heteroatoms. The van der Waals surface area contributed by atoms with Gasteiger partial charge in [-0.25, -0.2) is 9.59 Å². The Labute approximate surface area is 164 Å². The largest absolute Gasteiger partial charge is 0.464 e. The van der Waals surface area contributed by atoms with Gasteiger partial charge in [0.05, 0.1) is 6.61 Å². The molecule has 1 atom stereocenters. The van der Waals surface area contributed by atoms with Crippen LogP contribution in [0.25, 0.3) is 0 Å². The van der Waals surface area contributed by atoms with Crippen molar-refractivity contribution in [1.82, 2.24) is 5.32 Å². The quantitative estimate of drug-likeness (QED) is 0.664. The molecule has 5 nitrogen and oxygen atoms in total. The molecule has 0 saturated heterocycles. The van der Waals surface area contributed by atoms with E-state index in [-0.39, 0.29) is 6.61 Å². The molecule has 0 aliphatic heterocycles. The molecule has 0 aromatic heterocycles. The van der Waals surface area contributed by atoms with Crippen molar-refractivity contribution in [3.05, 3.63) is 65.2 Å². The van der Waals surface area contributed by atoms with Gasteiger partial charge in [0.15, 0.2) is 0 Å². The summed E-state index contributed by atoms with van der Waals surface area (Å²) < 4.78 is 5.10. The summed E-state index contributed by atoms with van der Waals surface area (Å²) in [5, 5.41) is 5.54. The summed E-state index contributed by atoms with van der Waals surface area (Å²) in [5.41, 5.74) is 3.99. The Morgan fingerprint density at radius 1 is 1.11 bits per heavy atom. The summed E-state index contributed by atoms with van der Waals surface area (Å²) in [6.45, 7) is 5.96. The van der Waals surface area contributed by atoms with Gasteiger partial charge in [0.2, 0.25) is 0 Å². The Balaban J connectivity index is 1.94. The molecule has 2 aromatic rings. The second-order valence-electron chi connectivity index (χ2n) is 6.22. The first-order chi connectivity index (χ1) is 13.0. The Morgan fingerprint density at radius 3 is 2.52 bits per heavy atom. The molecule has 0 saturated carbocycles. The van der Waals surface area contributed by atoms with Crippen molar-refractivity contribution in [2.24, 2.45) is 0 Å². The van der Waals surface area contributed by atoms with Gasteiger partial charge in [0.1, 0.15) is 6.04 Å². The second-order valence-corrected chi connectivity index (χ2v) is 7.25. The summed E-state index contributed by atoms with van der Waals surface area (Å²) in [4.78, 5) is 24.6. The predicted octanol–water partition coefficient (Wildman–Crippen LogP) is 4.29. The molecule has 0 radical (unpaired) electrons. The number of ether oxygens (including phenoxy) is 1. The molecule has 144 valence electrons. The Bertz CT molecular complexity index is 765. The highest BCUT2D eigenvalue weighted by Crippen LogP contribution is 2.17. The van der Waals surface area contributed by atoms with Crippen LogP contribution in [0.1, 0.15) is 23.6 Å². The van der Waals surface area contributed by atoms with Crippen LogP contribution in [0.3, 0.4) is 0 Å². The van der Waals surface area contributed by atoms with Gasteiger partial charge in [-0.15, -0.1) is 0 Å². The van der Waals surface area contributed by atoms with Gasteiger partial charge in [-0.1, -0.05) is 48.0 Å². The molecule has 0 aliphatic carbocycles. The monoisotopic (exact) mass is 386 g/mol. The number of anilines is 1. The number of carbonyl (C=O) groups is 2. The van der Waals surface area contributed by atoms with Crippen molar-refractivity contribution < 1.29 is 14.3 Å². The molecular weight excluding hydrogens is 360 g/mol. The molecule has 2 rings (SSSR count). The van der Waals surface area contributed by atoms with E-state index in [0.29, 0.717) is 5.75 Å².